The summed E-state index contributed by atoms with van der Waals surface area (Å²) in [5.41, 5.74) is 1.55. The Balaban J connectivity index is 2.04. The number of benzene rings is 1. The quantitative estimate of drug-likeness (QED) is 0.940. The molecular formula is C12H11F3N2O2S. The maximum absolute atomic E-state index is 12.0. The van der Waals surface area contributed by atoms with Crippen molar-refractivity contribution in [3.63, 3.8) is 0 Å². The highest BCUT2D eigenvalue weighted by Gasteiger charge is 2.38. The molecule has 0 fully saturated rings. The van der Waals surface area contributed by atoms with Crippen LogP contribution in [0.25, 0.3) is 10.2 Å². The first-order valence-corrected chi connectivity index (χ1v) is 6.54. The van der Waals surface area contributed by atoms with E-state index >= 15 is 0 Å². The van der Waals surface area contributed by atoms with E-state index < -0.39 is 12.1 Å². The lowest BCUT2D eigenvalue weighted by Gasteiger charge is -2.07. The summed E-state index contributed by atoms with van der Waals surface area (Å²) in [6.45, 7) is -0.106. The molecule has 0 aliphatic heterocycles. The van der Waals surface area contributed by atoms with E-state index in [2.05, 4.69) is 0 Å². The summed E-state index contributed by atoms with van der Waals surface area (Å²) in [6.07, 6.45) is -4.59. The van der Waals surface area contributed by atoms with E-state index in [0.717, 1.165) is 27.1 Å². The van der Waals surface area contributed by atoms with E-state index in [4.69, 9.17) is 0 Å². The second kappa shape index (κ2) is 5.28. The van der Waals surface area contributed by atoms with Crippen molar-refractivity contribution in [2.24, 2.45) is 7.05 Å². The van der Waals surface area contributed by atoms with Gasteiger partial charge in [0.25, 0.3) is 0 Å². The Hall–Kier alpha value is -1.83. The number of nitrogens with one attached hydrogen (secondary N) is 1. The molecule has 0 radical (unpaired) electrons. The number of rotatable bonds is 3. The van der Waals surface area contributed by atoms with E-state index in [-0.39, 0.29) is 17.8 Å². The van der Waals surface area contributed by atoms with Crippen LogP contribution in [-0.4, -0.2) is 23.2 Å². The first-order valence-electron chi connectivity index (χ1n) is 5.72. The van der Waals surface area contributed by atoms with Gasteiger partial charge in [0, 0.05) is 13.6 Å². The summed E-state index contributed by atoms with van der Waals surface area (Å²) in [4.78, 5) is 22.0. The van der Waals surface area contributed by atoms with Crippen molar-refractivity contribution in [3.05, 3.63) is 33.4 Å². The number of alkyl halides is 3. The summed E-state index contributed by atoms with van der Waals surface area (Å²) in [7, 11) is 1.66. The van der Waals surface area contributed by atoms with Crippen molar-refractivity contribution in [2.45, 2.75) is 12.6 Å². The fraction of sp³-hybridized carbons (Fsp3) is 0.333. The van der Waals surface area contributed by atoms with Gasteiger partial charge in [-0.25, -0.2) is 0 Å². The van der Waals surface area contributed by atoms with E-state index in [1.165, 1.54) is 4.57 Å². The molecule has 8 heteroatoms. The maximum Gasteiger partial charge on any atom is 0.471 e. The van der Waals surface area contributed by atoms with Crippen LogP contribution in [0.1, 0.15) is 5.56 Å². The predicted octanol–water partition coefficient (Wildman–Crippen LogP) is 1.82. The molecule has 2 aromatic rings. The molecule has 1 amide bonds. The molecule has 1 aromatic carbocycles. The lowest BCUT2D eigenvalue weighted by Crippen LogP contribution is -2.37. The normalized spacial score (nSPS) is 11.8. The molecule has 0 saturated carbocycles. The Labute approximate surface area is 115 Å². The number of thiazole rings is 1. The monoisotopic (exact) mass is 304 g/mol. The van der Waals surface area contributed by atoms with Crippen molar-refractivity contribution in [2.75, 3.05) is 6.54 Å². The van der Waals surface area contributed by atoms with Gasteiger partial charge in [-0.15, -0.1) is 0 Å². The maximum atomic E-state index is 12.0. The van der Waals surface area contributed by atoms with E-state index in [9.17, 15) is 22.8 Å². The molecule has 0 aliphatic rings. The lowest BCUT2D eigenvalue weighted by atomic mass is 10.1. The number of carbonyl (C=O) groups is 1. The fourth-order valence-electron chi connectivity index (χ4n) is 1.75. The number of fused-ring (bicyclic) bond motifs is 1. The smallest absolute Gasteiger partial charge is 0.348 e. The third-order valence-electron chi connectivity index (χ3n) is 2.81. The molecular weight excluding hydrogens is 293 g/mol. The van der Waals surface area contributed by atoms with E-state index in [1.807, 2.05) is 5.32 Å². The summed E-state index contributed by atoms with van der Waals surface area (Å²) in [5.74, 6) is -1.94. The van der Waals surface area contributed by atoms with Gasteiger partial charge < -0.3 is 9.88 Å². The molecule has 108 valence electrons. The zero-order valence-corrected chi connectivity index (χ0v) is 11.3. The van der Waals surface area contributed by atoms with Gasteiger partial charge in [0.1, 0.15) is 0 Å². The van der Waals surface area contributed by atoms with Crippen LogP contribution in [0.5, 0.6) is 0 Å². The van der Waals surface area contributed by atoms with Gasteiger partial charge in [0.15, 0.2) is 0 Å². The van der Waals surface area contributed by atoms with Gasteiger partial charge in [-0.3, -0.25) is 9.59 Å². The number of halogens is 3. The molecule has 1 aromatic heterocycles. The minimum absolute atomic E-state index is 0.0949. The third kappa shape index (κ3) is 3.01. The summed E-state index contributed by atoms with van der Waals surface area (Å²) in [5, 5.41) is 1.81. The summed E-state index contributed by atoms with van der Waals surface area (Å²) < 4.78 is 38.2. The molecule has 2 rings (SSSR count). The average Bonchev–Trinajstić information content (AvgIpc) is 2.63. The fourth-order valence-corrected chi connectivity index (χ4v) is 2.70. The number of nitrogens with zero attached hydrogens (tertiary/aromatic N) is 1. The number of amides is 1. The molecule has 0 bridgehead atoms. The van der Waals surface area contributed by atoms with Crippen LogP contribution >= 0.6 is 11.3 Å². The van der Waals surface area contributed by atoms with Crippen molar-refractivity contribution in [1.29, 1.82) is 0 Å². The van der Waals surface area contributed by atoms with Gasteiger partial charge in [-0.1, -0.05) is 17.4 Å². The average molecular weight is 304 g/mol. The molecule has 0 atom stereocenters. The second-order valence-corrected chi connectivity index (χ2v) is 5.23. The van der Waals surface area contributed by atoms with Crippen LogP contribution in [0.4, 0.5) is 13.2 Å². The van der Waals surface area contributed by atoms with Crippen molar-refractivity contribution < 1.29 is 18.0 Å². The highest BCUT2D eigenvalue weighted by molar-refractivity contribution is 7.16. The van der Waals surface area contributed by atoms with Crippen LogP contribution in [-0.2, 0) is 18.3 Å². The molecule has 0 aliphatic carbocycles. The van der Waals surface area contributed by atoms with Crippen LogP contribution in [0.2, 0.25) is 0 Å². The minimum Gasteiger partial charge on any atom is -0.348 e. The number of hydrogen-bond donors (Lipinski definition) is 1. The minimum atomic E-state index is -4.86. The Kier molecular flexibility index (Phi) is 3.85. The van der Waals surface area contributed by atoms with Gasteiger partial charge in [0.05, 0.1) is 10.2 Å². The Morgan fingerprint density at radius 1 is 1.40 bits per heavy atom. The SMILES string of the molecule is Cn1c(=O)sc2cc(CCNC(=O)C(F)(F)F)ccc21. The van der Waals surface area contributed by atoms with Crippen molar-refractivity contribution in [1.82, 2.24) is 9.88 Å². The highest BCUT2D eigenvalue weighted by atomic mass is 32.1. The Morgan fingerprint density at radius 2 is 2.10 bits per heavy atom. The van der Waals surface area contributed by atoms with E-state index in [1.54, 1.807) is 25.2 Å². The predicted molar refractivity (Wildman–Crippen MR) is 69.8 cm³/mol. The number of carbonyl (C=O) groups excluding carboxylic acids is 1. The molecule has 1 heterocycles. The number of aryl methyl sites for hydroxylation is 1. The van der Waals surface area contributed by atoms with Gasteiger partial charge >= 0.3 is 17.0 Å². The topological polar surface area (TPSA) is 51.1 Å². The summed E-state index contributed by atoms with van der Waals surface area (Å²) >= 11 is 1.08. The van der Waals surface area contributed by atoms with Crippen molar-refractivity contribution >= 4 is 27.5 Å². The molecule has 1 N–H and O–H groups in total. The lowest BCUT2D eigenvalue weighted by molar-refractivity contribution is -0.173. The first kappa shape index (κ1) is 14.6. The Bertz CT molecular complexity index is 703. The molecule has 4 nitrogen and oxygen atoms in total. The Morgan fingerprint density at radius 3 is 2.75 bits per heavy atom. The standard InChI is InChI=1S/C12H11F3N2O2S/c1-17-8-3-2-7(6-9(8)20-11(17)19)4-5-16-10(18)12(13,14)15/h2-3,6H,4-5H2,1H3,(H,16,18). The summed E-state index contributed by atoms with van der Waals surface area (Å²) in [6, 6.07) is 5.23. The first-order chi connectivity index (χ1) is 9.29. The van der Waals surface area contributed by atoms with Crippen LogP contribution in [0, 0.1) is 0 Å². The largest absolute Gasteiger partial charge is 0.471 e. The zero-order valence-electron chi connectivity index (χ0n) is 10.5. The second-order valence-electron chi connectivity index (χ2n) is 4.23. The molecule has 0 saturated heterocycles. The van der Waals surface area contributed by atoms with Gasteiger partial charge in [0.2, 0.25) is 0 Å². The van der Waals surface area contributed by atoms with Gasteiger partial charge in [-0.2, -0.15) is 13.2 Å². The van der Waals surface area contributed by atoms with Gasteiger partial charge in [-0.05, 0) is 24.1 Å². The van der Waals surface area contributed by atoms with Crippen LogP contribution in [0.3, 0.4) is 0 Å². The number of aromatic nitrogens is 1. The number of hydrogen-bond acceptors (Lipinski definition) is 3. The van der Waals surface area contributed by atoms with Crippen LogP contribution in [0.15, 0.2) is 23.0 Å². The molecule has 20 heavy (non-hydrogen) atoms. The third-order valence-corrected chi connectivity index (χ3v) is 3.81. The zero-order chi connectivity index (χ0) is 14.9. The van der Waals surface area contributed by atoms with Crippen LogP contribution < -0.4 is 10.2 Å². The van der Waals surface area contributed by atoms with Crippen molar-refractivity contribution in [3.8, 4) is 0 Å². The molecule has 0 unspecified atom stereocenters. The molecule has 0 spiro atoms. The van der Waals surface area contributed by atoms with E-state index in [0.29, 0.717) is 0 Å². The highest BCUT2D eigenvalue weighted by Crippen LogP contribution is 2.18.